The lowest BCUT2D eigenvalue weighted by Crippen LogP contribution is -2.52. The largest absolute Gasteiger partial charge is 0.494 e. The molecule has 0 radical (unpaired) electrons. The lowest BCUT2D eigenvalue weighted by atomic mass is 10.0. The molecule has 1 N–H and O–H groups in total. The van der Waals surface area contributed by atoms with E-state index in [2.05, 4.69) is 4.90 Å². The van der Waals surface area contributed by atoms with Gasteiger partial charge in [0.05, 0.1) is 13.2 Å². The third-order valence-electron chi connectivity index (χ3n) is 6.92. The Labute approximate surface area is 234 Å². The Balaban J connectivity index is 1.31. The minimum absolute atomic E-state index is 0.0429. The first kappa shape index (κ1) is 29.3. The molecule has 0 unspecified atom stereocenters. The van der Waals surface area contributed by atoms with E-state index in [-0.39, 0.29) is 44.1 Å². The summed E-state index contributed by atoms with van der Waals surface area (Å²) < 4.78 is 16.7. The first-order chi connectivity index (χ1) is 19.3. The van der Waals surface area contributed by atoms with Gasteiger partial charge in [-0.2, -0.15) is 0 Å². The summed E-state index contributed by atoms with van der Waals surface area (Å²) in [4.78, 5) is 42.9. The first-order valence-electron chi connectivity index (χ1n) is 13.4. The normalized spacial score (nSPS) is 20.1. The van der Waals surface area contributed by atoms with E-state index in [9.17, 15) is 19.5 Å². The van der Waals surface area contributed by atoms with E-state index in [1.807, 2.05) is 54.6 Å². The molecule has 0 aliphatic carbocycles. The highest BCUT2D eigenvalue weighted by Gasteiger charge is 2.37. The third kappa shape index (κ3) is 7.93. The Morgan fingerprint density at radius 1 is 0.975 bits per heavy atom. The number of carbonyl (C=O) groups excluding carboxylic acids is 3. The van der Waals surface area contributed by atoms with Gasteiger partial charge in [0.1, 0.15) is 36.9 Å². The number of urea groups is 1. The van der Waals surface area contributed by atoms with Crippen molar-refractivity contribution < 1.29 is 33.7 Å². The second-order valence-corrected chi connectivity index (χ2v) is 10.3. The number of imide groups is 1. The zero-order valence-corrected chi connectivity index (χ0v) is 23.2. The van der Waals surface area contributed by atoms with Gasteiger partial charge in [-0.25, -0.2) is 4.79 Å². The molecule has 0 bridgehead atoms. The average molecular weight is 555 g/mol. The summed E-state index contributed by atoms with van der Waals surface area (Å²) in [6, 6.07) is 16.7. The predicted molar refractivity (Wildman–Crippen MR) is 147 cm³/mol. The molecule has 2 aliphatic heterocycles. The number of amides is 4. The number of hydrogen-bond donors (Lipinski definition) is 1. The predicted octanol–water partition coefficient (Wildman–Crippen LogP) is 1.45. The summed E-state index contributed by atoms with van der Waals surface area (Å²) in [5.41, 5.74) is -0.238. The number of rotatable bonds is 12. The minimum Gasteiger partial charge on any atom is -0.494 e. The summed E-state index contributed by atoms with van der Waals surface area (Å²) in [6.45, 7) is 2.94. The Kier molecular flexibility index (Phi) is 9.97. The van der Waals surface area contributed by atoms with Crippen molar-refractivity contribution in [3.8, 4) is 11.5 Å². The molecule has 4 amide bonds. The van der Waals surface area contributed by atoms with Crippen molar-refractivity contribution in [2.45, 2.75) is 18.6 Å². The first-order valence-corrected chi connectivity index (χ1v) is 13.4. The molecule has 0 saturated carbocycles. The van der Waals surface area contributed by atoms with Crippen molar-refractivity contribution in [2.75, 3.05) is 73.2 Å². The van der Waals surface area contributed by atoms with Crippen molar-refractivity contribution in [1.82, 2.24) is 19.6 Å². The van der Waals surface area contributed by atoms with Crippen molar-refractivity contribution in [3.63, 3.8) is 0 Å². The Morgan fingerprint density at radius 2 is 1.70 bits per heavy atom. The van der Waals surface area contributed by atoms with E-state index in [1.165, 1.54) is 16.9 Å². The fourth-order valence-corrected chi connectivity index (χ4v) is 4.88. The second kappa shape index (κ2) is 13.6. The number of β-amino-alcohol motifs (C(OH)–C–C–N with tert-alkyl or cyclic N) is 1. The van der Waals surface area contributed by atoms with Crippen LogP contribution in [0.5, 0.6) is 11.5 Å². The van der Waals surface area contributed by atoms with Gasteiger partial charge >= 0.3 is 6.03 Å². The van der Waals surface area contributed by atoms with E-state index in [4.69, 9.17) is 14.2 Å². The van der Waals surface area contributed by atoms with Gasteiger partial charge in [-0.3, -0.25) is 19.4 Å². The van der Waals surface area contributed by atoms with Crippen molar-refractivity contribution >= 4 is 17.8 Å². The lowest BCUT2D eigenvalue weighted by Gasteiger charge is -2.33. The van der Waals surface area contributed by atoms with E-state index in [1.54, 1.807) is 11.9 Å². The maximum atomic E-state index is 12.6. The second-order valence-electron chi connectivity index (χ2n) is 10.3. The lowest BCUT2D eigenvalue weighted by molar-refractivity contribution is -0.138. The quantitative estimate of drug-likeness (QED) is 0.310. The number of nitrogens with zero attached hydrogens (tertiary/aromatic N) is 4. The molecular formula is C29H38N4O7. The average Bonchev–Trinajstić information content (AvgIpc) is 3.08. The molecule has 2 fully saturated rings. The van der Waals surface area contributed by atoms with Crippen LogP contribution < -0.4 is 9.47 Å². The maximum Gasteiger partial charge on any atom is 0.326 e. The molecule has 2 aliphatic rings. The number of aliphatic hydroxyl groups is 1. The zero-order valence-electron chi connectivity index (χ0n) is 23.2. The Hall–Kier alpha value is -3.67. The Bertz CT molecular complexity index is 1150. The van der Waals surface area contributed by atoms with E-state index >= 15 is 0 Å². The molecule has 0 spiro atoms. The van der Waals surface area contributed by atoms with Crippen molar-refractivity contribution in [3.05, 3.63) is 60.2 Å². The monoisotopic (exact) mass is 554 g/mol. The van der Waals surface area contributed by atoms with Crippen LogP contribution in [0.4, 0.5) is 4.79 Å². The van der Waals surface area contributed by atoms with Gasteiger partial charge in [-0.1, -0.05) is 30.3 Å². The van der Waals surface area contributed by atoms with Crippen LogP contribution >= 0.6 is 0 Å². The SMILES string of the molecule is COCC(=O)N1CCN(Cc2ccc(OCCCN3C(=O)CN(C)C3=O)cc2)C[C@](O)(COc2ccccc2)C1. The van der Waals surface area contributed by atoms with Gasteiger partial charge in [-0.05, 0) is 36.2 Å². The van der Waals surface area contributed by atoms with Gasteiger partial charge in [0.25, 0.3) is 0 Å². The van der Waals surface area contributed by atoms with Crippen LogP contribution in [0.1, 0.15) is 12.0 Å². The Morgan fingerprint density at radius 3 is 2.38 bits per heavy atom. The molecule has 2 aromatic carbocycles. The summed E-state index contributed by atoms with van der Waals surface area (Å²) in [5.74, 6) is 0.993. The van der Waals surface area contributed by atoms with Gasteiger partial charge < -0.3 is 29.1 Å². The molecule has 2 heterocycles. The van der Waals surface area contributed by atoms with Gasteiger partial charge in [0.2, 0.25) is 11.8 Å². The third-order valence-corrected chi connectivity index (χ3v) is 6.92. The molecule has 11 heteroatoms. The molecular weight excluding hydrogens is 516 g/mol. The number of likely N-dealkylation sites (N-methyl/N-ethyl adjacent to an activating group) is 1. The smallest absolute Gasteiger partial charge is 0.326 e. The van der Waals surface area contributed by atoms with Gasteiger partial charge in [0, 0.05) is 46.9 Å². The summed E-state index contributed by atoms with van der Waals surface area (Å²) in [7, 11) is 3.09. The van der Waals surface area contributed by atoms with E-state index < -0.39 is 5.60 Å². The maximum absolute atomic E-state index is 12.6. The topological polar surface area (TPSA) is 112 Å². The number of para-hydroxylation sites is 1. The van der Waals surface area contributed by atoms with Crippen molar-refractivity contribution in [2.24, 2.45) is 0 Å². The molecule has 2 saturated heterocycles. The molecule has 216 valence electrons. The van der Waals surface area contributed by atoms with Crippen molar-refractivity contribution in [1.29, 1.82) is 0 Å². The molecule has 11 nitrogen and oxygen atoms in total. The summed E-state index contributed by atoms with van der Waals surface area (Å²) >= 11 is 0. The summed E-state index contributed by atoms with van der Waals surface area (Å²) in [6.07, 6.45) is 0.544. The molecule has 40 heavy (non-hydrogen) atoms. The number of carbonyl (C=O) groups is 3. The number of hydrogen-bond acceptors (Lipinski definition) is 8. The van der Waals surface area contributed by atoms with Crippen LogP contribution in [0.15, 0.2) is 54.6 Å². The number of methoxy groups -OCH3 is 1. The molecule has 0 aromatic heterocycles. The van der Waals surface area contributed by atoms with Crippen LogP contribution in [0.25, 0.3) is 0 Å². The van der Waals surface area contributed by atoms with Gasteiger partial charge in [-0.15, -0.1) is 0 Å². The number of ether oxygens (including phenoxy) is 3. The fraction of sp³-hybridized carbons (Fsp3) is 0.483. The van der Waals surface area contributed by atoms with Crippen LogP contribution in [-0.2, 0) is 20.9 Å². The molecule has 4 rings (SSSR count). The molecule has 1 atom stereocenters. The van der Waals surface area contributed by atoms with Crippen LogP contribution in [0.2, 0.25) is 0 Å². The van der Waals surface area contributed by atoms with E-state index in [0.29, 0.717) is 57.3 Å². The zero-order chi connectivity index (χ0) is 28.5. The van der Waals surface area contributed by atoms with Crippen LogP contribution in [-0.4, -0.2) is 121 Å². The minimum atomic E-state index is -1.27. The molecule has 2 aromatic rings. The highest BCUT2D eigenvalue weighted by Crippen LogP contribution is 2.21. The highest BCUT2D eigenvalue weighted by molar-refractivity contribution is 6.01. The van der Waals surface area contributed by atoms with Gasteiger partial charge in [0.15, 0.2) is 0 Å². The highest BCUT2D eigenvalue weighted by atomic mass is 16.5. The van der Waals surface area contributed by atoms with E-state index in [0.717, 1.165) is 5.56 Å². The fourth-order valence-electron chi connectivity index (χ4n) is 4.88. The van der Waals surface area contributed by atoms with Crippen LogP contribution in [0.3, 0.4) is 0 Å². The summed E-state index contributed by atoms with van der Waals surface area (Å²) in [5, 5.41) is 11.6. The number of benzene rings is 2. The van der Waals surface area contributed by atoms with Crippen LogP contribution in [0, 0.1) is 0 Å². The standard InChI is InChI=1S/C29H38N4O7/c1-30-18-26(34)33(28(30)36)13-6-16-39-25-11-9-23(10-12-25)17-31-14-15-32(27(35)19-38-2)21-29(37,20-31)22-40-24-7-4-3-5-8-24/h3-5,7-12,37H,6,13-22H2,1-2H3/t29-/m1/s1.